The molecule has 0 aliphatic rings. The Hall–Kier alpha value is -0.870. The highest BCUT2D eigenvalue weighted by molar-refractivity contribution is 6.28. The van der Waals surface area contributed by atoms with E-state index >= 15 is 0 Å². The summed E-state index contributed by atoms with van der Waals surface area (Å²) in [4.78, 5) is 8.03. The van der Waals surface area contributed by atoms with Gasteiger partial charge in [0.1, 0.15) is 5.82 Å². The molecule has 1 heterocycles. The van der Waals surface area contributed by atoms with Crippen molar-refractivity contribution in [1.82, 2.24) is 9.97 Å². The monoisotopic (exact) mass is 257 g/mol. The Morgan fingerprint density at radius 3 is 2.88 bits per heavy atom. The summed E-state index contributed by atoms with van der Waals surface area (Å²) in [5.74, 6) is 0.804. The number of rotatable bonds is 8. The summed E-state index contributed by atoms with van der Waals surface area (Å²) in [5, 5.41) is 3.50. The summed E-state index contributed by atoms with van der Waals surface area (Å²) in [6, 6.07) is 0. The molecule has 0 amide bonds. The molecule has 5 heteroatoms. The van der Waals surface area contributed by atoms with E-state index in [1.807, 2.05) is 6.92 Å². The van der Waals surface area contributed by atoms with Gasteiger partial charge < -0.3 is 10.1 Å². The van der Waals surface area contributed by atoms with Crippen LogP contribution < -0.4 is 5.32 Å². The van der Waals surface area contributed by atoms with Crippen molar-refractivity contribution in [2.75, 3.05) is 25.1 Å². The first kappa shape index (κ1) is 14.2. The van der Waals surface area contributed by atoms with Crippen molar-refractivity contribution in [2.45, 2.75) is 33.1 Å². The van der Waals surface area contributed by atoms with Crippen LogP contribution in [-0.4, -0.2) is 29.7 Å². The van der Waals surface area contributed by atoms with Gasteiger partial charge in [0, 0.05) is 31.5 Å². The third-order valence-corrected chi connectivity index (χ3v) is 2.52. The molecule has 1 aromatic rings. The summed E-state index contributed by atoms with van der Waals surface area (Å²) in [5.41, 5.74) is 1.00. The van der Waals surface area contributed by atoms with Gasteiger partial charge in [0.2, 0.25) is 5.28 Å². The van der Waals surface area contributed by atoms with Gasteiger partial charge in [-0.2, -0.15) is 0 Å². The number of halogens is 1. The van der Waals surface area contributed by atoms with E-state index in [1.165, 1.54) is 6.42 Å². The second-order valence-corrected chi connectivity index (χ2v) is 4.25. The van der Waals surface area contributed by atoms with Crippen molar-refractivity contribution in [2.24, 2.45) is 0 Å². The summed E-state index contributed by atoms with van der Waals surface area (Å²) >= 11 is 5.73. The number of ether oxygens (including phenoxy) is 1. The number of hydrogen-bond donors (Lipinski definition) is 1. The minimum atomic E-state index is 0.275. The van der Waals surface area contributed by atoms with Gasteiger partial charge in [0.05, 0.1) is 0 Å². The number of unbranched alkanes of at least 4 members (excludes halogenated alkanes) is 1. The molecule has 0 aliphatic heterocycles. The van der Waals surface area contributed by atoms with Gasteiger partial charge in [-0.15, -0.1) is 0 Å². The van der Waals surface area contributed by atoms with Gasteiger partial charge in [0.15, 0.2) is 0 Å². The Kier molecular flexibility index (Phi) is 6.89. The van der Waals surface area contributed by atoms with Gasteiger partial charge in [-0.1, -0.05) is 13.3 Å². The maximum atomic E-state index is 5.73. The second-order valence-electron chi connectivity index (χ2n) is 3.92. The zero-order chi connectivity index (χ0) is 12.5. The third kappa shape index (κ3) is 5.84. The van der Waals surface area contributed by atoms with Gasteiger partial charge in [-0.25, -0.2) is 9.97 Å². The molecule has 0 radical (unpaired) electrons. The fourth-order valence-corrected chi connectivity index (χ4v) is 1.46. The zero-order valence-electron chi connectivity index (χ0n) is 10.5. The Balaban J connectivity index is 2.15. The second kappa shape index (κ2) is 8.25. The number of anilines is 1. The van der Waals surface area contributed by atoms with Crippen LogP contribution in [0.3, 0.4) is 0 Å². The molecule has 0 spiro atoms. The molecule has 0 aliphatic carbocycles. The molecular formula is C12H20ClN3O. The molecule has 17 heavy (non-hydrogen) atoms. The number of hydrogen-bond acceptors (Lipinski definition) is 4. The van der Waals surface area contributed by atoms with Crippen LogP contribution >= 0.6 is 11.6 Å². The lowest BCUT2D eigenvalue weighted by Gasteiger charge is -2.08. The maximum absolute atomic E-state index is 5.73. The Morgan fingerprint density at radius 1 is 1.35 bits per heavy atom. The van der Waals surface area contributed by atoms with Crippen LogP contribution in [0.25, 0.3) is 0 Å². The largest absolute Gasteiger partial charge is 0.381 e. The van der Waals surface area contributed by atoms with E-state index in [2.05, 4.69) is 22.2 Å². The molecule has 0 atom stereocenters. The number of aryl methyl sites for hydroxylation is 1. The van der Waals surface area contributed by atoms with Gasteiger partial charge >= 0.3 is 0 Å². The number of aromatic nitrogens is 2. The summed E-state index contributed by atoms with van der Waals surface area (Å²) in [6.45, 7) is 6.59. The summed E-state index contributed by atoms with van der Waals surface area (Å²) in [7, 11) is 0. The van der Waals surface area contributed by atoms with Crippen LogP contribution in [0.4, 0.5) is 5.82 Å². The molecule has 1 rings (SSSR count). The Labute approximate surface area is 108 Å². The maximum Gasteiger partial charge on any atom is 0.224 e. The fourth-order valence-electron chi connectivity index (χ4n) is 1.33. The quantitative estimate of drug-likeness (QED) is 0.574. The molecule has 0 unspecified atom stereocenters. The van der Waals surface area contributed by atoms with Crippen molar-refractivity contribution >= 4 is 17.4 Å². The zero-order valence-corrected chi connectivity index (χ0v) is 11.3. The first-order valence-electron chi connectivity index (χ1n) is 6.04. The van der Waals surface area contributed by atoms with E-state index in [0.29, 0.717) is 0 Å². The molecule has 96 valence electrons. The minimum Gasteiger partial charge on any atom is -0.381 e. The highest BCUT2D eigenvalue weighted by Gasteiger charge is 2.00. The van der Waals surface area contributed by atoms with Crippen molar-refractivity contribution < 1.29 is 4.74 Å². The first-order valence-corrected chi connectivity index (χ1v) is 6.42. The number of nitrogens with one attached hydrogen (secondary N) is 1. The average molecular weight is 258 g/mol. The number of nitrogens with zero attached hydrogens (tertiary/aromatic N) is 2. The van der Waals surface area contributed by atoms with E-state index in [4.69, 9.17) is 16.3 Å². The SMILES string of the molecule is CCCCOCCCNc1nc(Cl)ncc1C. The van der Waals surface area contributed by atoms with Gasteiger partial charge in [-0.3, -0.25) is 0 Å². The smallest absolute Gasteiger partial charge is 0.224 e. The molecular weight excluding hydrogens is 238 g/mol. The summed E-state index contributed by atoms with van der Waals surface area (Å²) < 4.78 is 5.47. The highest BCUT2D eigenvalue weighted by atomic mass is 35.5. The highest BCUT2D eigenvalue weighted by Crippen LogP contribution is 2.12. The topological polar surface area (TPSA) is 47.0 Å². The molecule has 0 bridgehead atoms. The summed E-state index contributed by atoms with van der Waals surface area (Å²) in [6.07, 6.45) is 4.99. The predicted octanol–water partition coefficient (Wildman–Crippen LogP) is 3.06. The Bertz CT molecular complexity index is 334. The van der Waals surface area contributed by atoms with E-state index in [0.717, 1.165) is 44.0 Å². The lowest BCUT2D eigenvalue weighted by Crippen LogP contribution is -2.09. The molecule has 1 N–H and O–H groups in total. The Morgan fingerprint density at radius 2 is 2.12 bits per heavy atom. The fraction of sp³-hybridized carbons (Fsp3) is 0.667. The average Bonchev–Trinajstić information content (AvgIpc) is 2.32. The van der Waals surface area contributed by atoms with Crippen molar-refractivity contribution in [3.8, 4) is 0 Å². The lowest BCUT2D eigenvalue weighted by molar-refractivity contribution is 0.131. The molecule has 0 aromatic carbocycles. The van der Waals surface area contributed by atoms with E-state index < -0.39 is 0 Å². The van der Waals surface area contributed by atoms with Crippen LogP contribution in [0, 0.1) is 6.92 Å². The van der Waals surface area contributed by atoms with E-state index in [-0.39, 0.29) is 5.28 Å². The van der Waals surface area contributed by atoms with E-state index in [9.17, 15) is 0 Å². The standard InChI is InChI=1S/C12H20ClN3O/c1-3-4-7-17-8-5-6-14-11-10(2)9-15-12(13)16-11/h9H,3-8H2,1-2H3,(H,14,15,16). The molecule has 0 saturated heterocycles. The van der Waals surface area contributed by atoms with E-state index in [1.54, 1.807) is 6.20 Å². The molecule has 1 aromatic heterocycles. The lowest BCUT2D eigenvalue weighted by atomic mass is 10.3. The van der Waals surface area contributed by atoms with Crippen LogP contribution in [0.2, 0.25) is 5.28 Å². The van der Waals surface area contributed by atoms with Crippen LogP contribution in [0.1, 0.15) is 31.7 Å². The van der Waals surface area contributed by atoms with Crippen LogP contribution in [-0.2, 0) is 4.74 Å². The molecule has 4 nitrogen and oxygen atoms in total. The first-order chi connectivity index (χ1) is 8.24. The van der Waals surface area contributed by atoms with Crippen molar-refractivity contribution in [3.05, 3.63) is 17.0 Å². The van der Waals surface area contributed by atoms with Crippen LogP contribution in [0.15, 0.2) is 6.20 Å². The molecule has 0 fully saturated rings. The van der Waals surface area contributed by atoms with Gasteiger partial charge in [0.25, 0.3) is 0 Å². The normalized spacial score (nSPS) is 10.5. The minimum absolute atomic E-state index is 0.275. The van der Waals surface area contributed by atoms with Crippen LogP contribution in [0.5, 0.6) is 0 Å². The van der Waals surface area contributed by atoms with Crippen molar-refractivity contribution in [3.63, 3.8) is 0 Å². The predicted molar refractivity (Wildman–Crippen MR) is 70.6 cm³/mol. The van der Waals surface area contributed by atoms with Crippen molar-refractivity contribution in [1.29, 1.82) is 0 Å². The van der Waals surface area contributed by atoms with Gasteiger partial charge in [-0.05, 0) is 31.4 Å². The molecule has 0 saturated carbocycles. The third-order valence-electron chi connectivity index (χ3n) is 2.34.